The molecule has 1 amide bonds. The summed E-state index contributed by atoms with van der Waals surface area (Å²) in [6.45, 7) is 5.46. The van der Waals surface area contributed by atoms with Crippen LogP contribution in [0.5, 0.6) is 0 Å². The van der Waals surface area contributed by atoms with Gasteiger partial charge in [0.05, 0.1) is 11.1 Å². The van der Waals surface area contributed by atoms with Crippen molar-refractivity contribution in [3.05, 3.63) is 70.9 Å². The number of aromatic nitrogens is 1. The Labute approximate surface area is 158 Å². The number of anilines is 1. The van der Waals surface area contributed by atoms with Gasteiger partial charge in [-0.25, -0.2) is 4.79 Å². The highest BCUT2D eigenvalue weighted by atomic mass is 16.5. The number of ether oxygens (including phenoxy) is 1. The maximum Gasteiger partial charge on any atom is 0.339 e. The van der Waals surface area contributed by atoms with Crippen molar-refractivity contribution in [3.63, 3.8) is 0 Å². The number of para-hydroxylation sites is 1. The van der Waals surface area contributed by atoms with Crippen molar-refractivity contribution < 1.29 is 14.3 Å². The van der Waals surface area contributed by atoms with E-state index < -0.39 is 5.97 Å². The first-order chi connectivity index (χ1) is 13.0. The van der Waals surface area contributed by atoms with Crippen LogP contribution < -0.4 is 5.32 Å². The van der Waals surface area contributed by atoms with Crippen LogP contribution in [-0.4, -0.2) is 23.5 Å². The molecule has 0 bridgehead atoms. The predicted molar refractivity (Wildman–Crippen MR) is 106 cm³/mol. The molecule has 0 aliphatic heterocycles. The second-order valence-electron chi connectivity index (χ2n) is 6.42. The molecular weight excluding hydrogens is 340 g/mol. The van der Waals surface area contributed by atoms with Crippen LogP contribution >= 0.6 is 0 Å². The zero-order valence-corrected chi connectivity index (χ0v) is 15.7. The summed E-state index contributed by atoms with van der Waals surface area (Å²) in [6, 6.07) is 14.9. The van der Waals surface area contributed by atoms with Gasteiger partial charge in [-0.3, -0.25) is 9.78 Å². The number of nitrogens with one attached hydrogen (secondary N) is 1. The fraction of sp³-hybridized carbons (Fsp3) is 0.227. The molecule has 0 atom stereocenters. The molecule has 3 rings (SSSR count). The van der Waals surface area contributed by atoms with Crippen LogP contribution in [0.3, 0.4) is 0 Å². The number of aryl methyl sites for hydroxylation is 2. The van der Waals surface area contributed by atoms with Gasteiger partial charge >= 0.3 is 5.97 Å². The molecule has 0 aliphatic carbocycles. The third-order valence-corrected chi connectivity index (χ3v) is 4.41. The second-order valence-corrected chi connectivity index (χ2v) is 6.42. The van der Waals surface area contributed by atoms with Crippen LogP contribution in [-0.2, 0) is 16.0 Å². The van der Waals surface area contributed by atoms with Crippen molar-refractivity contribution in [2.45, 2.75) is 27.2 Å². The van der Waals surface area contributed by atoms with Crippen LogP contribution in [0.2, 0.25) is 0 Å². The topological polar surface area (TPSA) is 68.3 Å². The number of carbonyl (C=O) groups excluding carboxylic acids is 2. The molecule has 5 heteroatoms. The summed E-state index contributed by atoms with van der Waals surface area (Å²) in [5.74, 6) is -0.888. The lowest BCUT2D eigenvalue weighted by atomic mass is 10.0. The van der Waals surface area contributed by atoms with Gasteiger partial charge in [-0.2, -0.15) is 0 Å². The summed E-state index contributed by atoms with van der Waals surface area (Å²) in [5, 5.41) is 3.47. The summed E-state index contributed by atoms with van der Waals surface area (Å²) in [5.41, 5.74) is 4.58. The highest BCUT2D eigenvalue weighted by molar-refractivity contribution is 6.05. The van der Waals surface area contributed by atoms with Gasteiger partial charge < -0.3 is 10.1 Å². The number of fused-ring (bicyclic) bond motifs is 1. The van der Waals surface area contributed by atoms with E-state index in [0.717, 1.165) is 27.7 Å². The van der Waals surface area contributed by atoms with Gasteiger partial charge in [-0.1, -0.05) is 37.3 Å². The fourth-order valence-corrected chi connectivity index (χ4v) is 3.09. The van der Waals surface area contributed by atoms with Gasteiger partial charge in [0.1, 0.15) is 0 Å². The smallest absolute Gasteiger partial charge is 0.339 e. The molecule has 138 valence electrons. The van der Waals surface area contributed by atoms with E-state index in [1.807, 2.05) is 63.2 Å². The molecule has 0 aliphatic rings. The Balaban J connectivity index is 1.78. The van der Waals surface area contributed by atoms with Gasteiger partial charge in [0.2, 0.25) is 0 Å². The van der Waals surface area contributed by atoms with Gasteiger partial charge in [-0.05, 0) is 49.6 Å². The Morgan fingerprint density at radius 1 is 1.07 bits per heavy atom. The molecule has 2 aromatic carbocycles. The lowest BCUT2D eigenvalue weighted by Gasteiger charge is -2.13. The van der Waals surface area contributed by atoms with Gasteiger partial charge in [0.15, 0.2) is 6.61 Å². The number of pyridine rings is 1. The average Bonchev–Trinajstić information content (AvgIpc) is 2.65. The van der Waals surface area contributed by atoms with Crippen molar-refractivity contribution in [3.8, 4) is 0 Å². The van der Waals surface area contributed by atoms with Gasteiger partial charge in [-0.15, -0.1) is 0 Å². The molecule has 0 saturated carbocycles. The van der Waals surface area contributed by atoms with E-state index in [1.165, 1.54) is 0 Å². The maximum atomic E-state index is 12.7. The summed E-state index contributed by atoms with van der Waals surface area (Å²) in [6.07, 6.45) is 0.713. The summed E-state index contributed by atoms with van der Waals surface area (Å²) in [7, 11) is 0. The number of amides is 1. The second kappa shape index (κ2) is 7.99. The molecule has 1 heterocycles. The molecule has 3 aromatic rings. The number of esters is 1. The third kappa shape index (κ3) is 4.14. The normalized spacial score (nSPS) is 10.6. The largest absolute Gasteiger partial charge is 0.452 e. The van der Waals surface area contributed by atoms with Crippen LogP contribution in [0.15, 0.2) is 48.5 Å². The van der Waals surface area contributed by atoms with Crippen LogP contribution in [0, 0.1) is 13.8 Å². The Morgan fingerprint density at radius 2 is 1.85 bits per heavy atom. The van der Waals surface area contributed by atoms with Crippen molar-refractivity contribution in [1.29, 1.82) is 0 Å². The molecule has 0 saturated heterocycles. The lowest BCUT2D eigenvalue weighted by Crippen LogP contribution is -2.21. The minimum atomic E-state index is -0.514. The maximum absolute atomic E-state index is 12.7. The van der Waals surface area contributed by atoms with E-state index in [0.29, 0.717) is 17.7 Å². The van der Waals surface area contributed by atoms with E-state index in [9.17, 15) is 9.59 Å². The van der Waals surface area contributed by atoms with E-state index >= 15 is 0 Å². The van der Waals surface area contributed by atoms with Crippen molar-refractivity contribution in [2.75, 3.05) is 11.9 Å². The monoisotopic (exact) mass is 362 g/mol. The Hall–Kier alpha value is -3.21. The minimum absolute atomic E-state index is 0.343. The number of nitrogens with zero attached hydrogens (tertiary/aromatic N) is 1. The molecule has 5 nitrogen and oxygen atoms in total. The van der Waals surface area contributed by atoms with Crippen LogP contribution in [0.4, 0.5) is 5.69 Å². The summed E-state index contributed by atoms with van der Waals surface area (Å²) >= 11 is 0. The van der Waals surface area contributed by atoms with Gasteiger partial charge in [0.25, 0.3) is 5.91 Å². The third-order valence-electron chi connectivity index (χ3n) is 4.41. The summed E-state index contributed by atoms with van der Waals surface area (Å²) in [4.78, 5) is 29.5. The number of hydrogen-bond donors (Lipinski definition) is 1. The fourth-order valence-electron chi connectivity index (χ4n) is 3.09. The molecule has 1 aromatic heterocycles. The lowest BCUT2D eigenvalue weighted by molar-refractivity contribution is -0.119. The standard InChI is InChI=1S/C22H22N2O3/c1-4-18-15(3)21(17-10-5-6-11-19(17)24-18)22(26)27-13-20(25)23-16-9-7-8-14(2)12-16/h5-12H,4,13H2,1-3H3,(H,23,25). The van der Waals surface area contributed by atoms with Crippen LogP contribution in [0.1, 0.15) is 34.1 Å². The Morgan fingerprint density at radius 3 is 2.59 bits per heavy atom. The molecule has 0 spiro atoms. The van der Waals surface area contributed by atoms with Gasteiger partial charge in [0, 0.05) is 16.8 Å². The first-order valence-corrected chi connectivity index (χ1v) is 8.91. The highest BCUT2D eigenvalue weighted by Crippen LogP contribution is 2.24. The average molecular weight is 362 g/mol. The number of benzene rings is 2. The zero-order valence-electron chi connectivity index (χ0n) is 15.7. The van der Waals surface area contributed by atoms with Crippen LogP contribution in [0.25, 0.3) is 10.9 Å². The molecular formula is C22H22N2O3. The van der Waals surface area contributed by atoms with Crippen molar-refractivity contribution in [2.24, 2.45) is 0 Å². The zero-order chi connectivity index (χ0) is 19.4. The van der Waals surface area contributed by atoms with E-state index in [-0.39, 0.29) is 12.5 Å². The minimum Gasteiger partial charge on any atom is -0.452 e. The molecule has 0 radical (unpaired) electrons. The number of rotatable bonds is 5. The van der Waals surface area contributed by atoms with E-state index in [1.54, 1.807) is 6.07 Å². The first-order valence-electron chi connectivity index (χ1n) is 8.91. The SMILES string of the molecule is CCc1nc2ccccc2c(C(=O)OCC(=O)Nc2cccc(C)c2)c1C. The van der Waals surface area contributed by atoms with E-state index in [2.05, 4.69) is 10.3 Å². The number of hydrogen-bond acceptors (Lipinski definition) is 4. The van der Waals surface area contributed by atoms with Crippen molar-refractivity contribution in [1.82, 2.24) is 4.98 Å². The molecule has 0 unspecified atom stereocenters. The molecule has 1 N–H and O–H groups in total. The predicted octanol–water partition coefficient (Wildman–Crippen LogP) is 4.21. The summed E-state index contributed by atoms with van der Waals surface area (Å²) < 4.78 is 5.30. The quantitative estimate of drug-likeness (QED) is 0.691. The highest BCUT2D eigenvalue weighted by Gasteiger charge is 2.19. The Kier molecular flexibility index (Phi) is 5.50. The molecule has 0 fully saturated rings. The van der Waals surface area contributed by atoms with Crippen molar-refractivity contribution >= 4 is 28.5 Å². The Bertz CT molecular complexity index is 1010. The van der Waals surface area contributed by atoms with E-state index in [4.69, 9.17) is 4.74 Å². The molecule has 27 heavy (non-hydrogen) atoms. The number of carbonyl (C=O) groups is 2. The first kappa shape index (κ1) is 18.6.